The largest absolute Gasteiger partial charge is 0.404 e. The van der Waals surface area contributed by atoms with Gasteiger partial charge in [-0.2, -0.15) is 0 Å². The molecule has 5 heteroatoms. The van der Waals surface area contributed by atoms with Crippen molar-refractivity contribution in [3.05, 3.63) is 52.7 Å². The van der Waals surface area contributed by atoms with Gasteiger partial charge in [0.1, 0.15) is 0 Å². The van der Waals surface area contributed by atoms with Crippen LogP contribution in [0.3, 0.4) is 0 Å². The Morgan fingerprint density at radius 1 is 1.41 bits per heavy atom. The lowest BCUT2D eigenvalue weighted by Gasteiger charge is -2.04. The summed E-state index contributed by atoms with van der Waals surface area (Å²) in [6.07, 6.45) is 4.96. The maximum Gasteiger partial charge on any atom is 0.253 e. The normalized spacial score (nSPS) is 11.7. The van der Waals surface area contributed by atoms with Crippen molar-refractivity contribution in [1.82, 2.24) is 5.32 Å². The Balaban J connectivity index is 2.52. The van der Waals surface area contributed by atoms with Crippen molar-refractivity contribution in [2.75, 3.05) is 12.3 Å². The van der Waals surface area contributed by atoms with Gasteiger partial charge in [-0.15, -0.1) is 0 Å². The monoisotopic (exact) mass is 295 g/mol. The number of carbonyl (C=O) groups excluding carboxylic acids is 1. The van der Waals surface area contributed by atoms with Crippen molar-refractivity contribution in [3.63, 3.8) is 0 Å². The molecular weight excluding hydrogens is 282 g/mol. The van der Waals surface area contributed by atoms with Gasteiger partial charge < -0.3 is 16.8 Å². The summed E-state index contributed by atoms with van der Waals surface area (Å²) in [5, 5.41) is 2.72. The number of anilines is 1. The fourth-order valence-electron chi connectivity index (χ4n) is 1.18. The number of halogens is 1. The van der Waals surface area contributed by atoms with Gasteiger partial charge in [0, 0.05) is 22.9 Å². The SMILES string of the molecule is N/C=C(Br)\C=C/CNC(=O)c1ccccc1N. The molecule has 0 unspecified atom stereocenters. The van der Waals surface area contributed by atoms with Crippen molar-refractivity contribution in [1.29, 1.82) is 0 Å². The lowest BCUT2D eigenvalue weighted by molar-refractivity contribution is 0.0959. The van der Waals surface area contributed by atoms with Crippen molar-refractivity contribution in [2.24, 2.45) is 5.73 Å². The van der Waals surface area contributed by atoms with Gasteiger partial charge in [0.15, 0.2) is 0 Å². The molecule has 0 aliphatic rings. The van der Waals surface area contributed by atoms with Crippen LogP contribution in [0.1, 0.15) is 10.4 Å². The summed E-state index contributed by atoms with van der Waals surface area (Å²) in [7, 11) is 0. The molecule has 1 rings (SSSR count). The minimum atomic E-state index is -0.194. The minimum Gasteiger partial charge on any atom is -0.404 e. The molecular formula is C12H14BrN3O. The van der Waals surface area contributed by atoms with Crippen LogP contribution in [0.25, 0.3) is 0 Å². The maximum absolute atomic E-state index is 11.7. The van der Waals surface area contributed by atoms with E-state index in [9.17, 15) is 4.79 Å². The highest BCUT2D eigenvalue weighted by molar-refractivity contribution is 9.11. The molecule has 0 spiro atoms. The van der Waals surface area contributed by atoms with E-state index in [0.717, 1.165) is 4.48 Å². The van der Waals surface area contributed by atoms with Crippen molar-refractivity contribution in [2.45, 2.75) is 0 Å². The second-order valence-electron chi connectivity index (χ2n) is 3.25. The smallest absolute Gasteiger partial charge is 0.253 e. The van der Waals surface area contributed by atoms with Crippen LogP contribution < -0.4 is 16.8 Å². The first-order valence-electron chi connectivity index (χ1n) is 5.01. The van der Waals surface area contributed by atoms with Gasteiger partial charge in [-0.05, 0) is 34.1 Å². The maximum atomic E-state index is 11.7. The predicted octanol–water partition coefficient (Wildman–Crippen LogP) is 1.75. The number of para-hydroxylation sites is 1. The Labute approximate surface area is 109 Å². The lowest BCUT2D eigenvalue weighted by Crippen LogP contribution is -2.24. The van der Waals surface area contributed by atoms with E-state index in [1.165, 1.54) is 6.20 Å². The molecule has 0 atom stereocenters. The number of hydrogen-bond acceptors (Lipinski definition) is 3. The van der Waals surface area contributed by atoms with E-state index in [-0.39, 0.29) is 5.91 Å². The molecule has 0 saturated carbocycles. The van der Waals surface area contributed by atoms with E-state index < -0.39 is 0 Å². The highest BCUT2D eigenvalue weighted by Gasteiger charge is 2.06. The third kappa shape index (κ3) is 4.32. The second kappa shape index (κ2) is 6.75. The topological polar surface area (TPSA) is 81.1 Å². The molecule has 1 aromatic carbocycles. The molecule has 0 saturated heterocycles. The van der Waals surface area contributed by atoms with Crippen LogP contribution in [0, 0.1) is 0 Å². The van der Waals surface area contributed by atoms with Crippen LogP contribution in [0.4, 0.5) is 5.69 Å². The quantitative estimate of drug-likeness (QED) is 0.585. The Morgan fingerprint density at radius 2 is 2.12 bits per heavy atom. The van der Waals surface area contributed by atoms with Gasteiger partial charge in [0.05, 0.1) is 5.56 Å². The van der Waals surface area contributed by atoms with Gasteiger partial charge in [-0.3, -0.25) is 4.79 Å². The fourth-order valence-corrected chi connectivity index (χ4v) is 1.36. The van der Waals surface area contributed by atoms with E-state index in [0.29, 0.717) is 17.8 Å². The van der Waals surface area contributed by atoms with Crippen LogP contribution in [-0.2, 0) is 0 Å². The van der Waals surface area contributed by atoms with Crippen LogP contribution >= 0.6 is 15.9 Å². The molecule has 0 aromatic heterocycles. The Bertz CT molecular complexity index is 455. The second-order valence-corrected chi connectivity index (χ2v) is 4.17. The number of allylic oxidation sites excluding steroid dienone is 2. The zero-order valence-corrected chi connectivity index (χ0v) is 10.8. The van der Waals surface area contributed by atoms with Crippen LogP contribution in [0.5, 0.6) is 0 Å². The number of hydrogen-bond donors (Lipinski definition) is 3. The fraction of sp³-hybridized carbons (Fsp3) is 0.0833. The van der Waals surface area contributed by atoms with E-state index in [1.54, 1.807) is 36.4 Å². The summed E-state index contributed by atoms with van der Waals surface area (Å²) >= 11 is 3.22. The highest BCUT2D eigenvalue weighted by Crippen LogP contribution is 2.09. The molecule has 90 valence electrons. The molecule has 0 aliphatic heterocycles. The van der Waals surface area contributed by atoms with Gasteiger partial charge in [0.25, 0.3) is 5.91 Å². The average Bonchev–Trinajstić information content (AvgIpc) is 2.34. The minimum absolute atomic E-state index is 0.194. The predicted molar refractivity (Wildman–Crippen MR) is 73.5 cm³/mol. The van der Waals surface area contributed by atoms with Gasteiger partial charge >= 0.3 is 0 Å². The summed E-state index contributed by atoms with van der Waals surface area (Å²) in [5.41, 5.74) is 11.9. The van der Waals surface area contributed by atoms with E-state index in [4.69, 9.17) is 11.5 Å². The molecule has 0 fully saturated rings. The molecule has 0 radical (unpaired) electrons. The number of amides is 1. The van der Waals surface area contributed by atoms with Crippen LogP contribution in [0.2, 0.25) is 0 Å². The van der Waals surface area contributed by atoms with E-state index >= 15 is 0 Å². The Kier molecular flexibility index (Phi) is 5.29. The first kappa shape index (κ1) is 13.3. The van der Waals surface area contributed by atoms with Crippen molar-refractivity contribution >= 4 is 27.5 Å². The Hall–Kier alpha value is -1.75. The zero-order valence-electron chi connectivity index (χ0n) is 9.19. The van der Waals surface area contributed by atoms with Crippen molar-refractivity contribution < 1.29 is 4.79 Å². The standard InChI is InChI=1S/C12H14BrN3O/c13-9(8-14)4-3-7-16-12(17)10-5-1-2-6-11(10)15/h1-6,8H,7,14-15H2,(H,16,17)/b4-3-,9-8+. The molecule has 5 N–H and O–H groups in total. The molecule has 17 heavy (non-hydrogen) atoms. The third-order valence-corrected chi connectivity index (χ3v) is 2.55. The number of carbonyl (C=O) groups is 1. The molecule has 4 nitrogen and oxygen atoms in total. The summed E-state index contributed by atoms with van der Waals surface area (Å²) in [5.74, 6) is -0.194. The first-order valence-corrected chi connectivity index (χ1v) is 5.81. The number of benzene rings is 1. The summed E-state index contributed by atoms with van der Waals surface area (Å²) in [6.45, 7) is 0.413. The van der Waals surface area contributed by atoms with Gasteiger partial charge in [-0.1, -0.05) is 18.2 Å². The first-order chi connectivity index (χ1) is 8.15. The number of nitrogen functional groups attached to an aromatic ring is 1. The van der Waals surface area contributed by atoms with Crippen LogP contribution in [0.15, 0.2) is 47.1 Å². The molecule has 0 bridgehead atoms. The molecule has 1 aromatic rings. The van der Waals surface area contributed by atoms with Crippen LogP contribution in [-0.4, -0.2) is 12.5 Å². The van der Waals surface area contributed by atoms with Gasteiger partial charge in [-0.25, -0.2) is 0 Å². The molecule has 1 amide bonds. The number of nitrogens with one attached hydrogen (secondary N) is 1. The summed E-state index contributed by atoms with van der Waals surface area (Å²) < 4.78 is 0.756. The van der Waals surface area contributed by atoms with E-state index in [1.807, 2.05) is 0 Å². The van der Waals surface area contributed by atoms with Gasteiger partial charge in [0.2, 0.25) is 0 Å². The highest BCUT2D eigenvalue weighted by atomic mass is 79.9. The lowest BCUT2D eigenvalue weighted by atomic mass is 10.1. The number of nitrogens with two attached hydrogens (primary N) is 2. The molecule has 0 aliphatic carbocycles. The average molecular weight is 296 g/mol. The number of rotatable bonds is 4. The third-order valence-electron chi connectivity index (χ3n) is 2.02. The van der Waals surface area contributed by atoms with E-state index in [2.05, 4.69) is 21.2 Å². The summed E-state index contributed by atoms with van der Waals surface area (Å²) in [4.78, 5) is 11.7. The van der Waals surface area contributed by atoms with Crippen molar-refractivity contribution in [3.8, 4) is 0 Å². The zero-order chi connectivity index (χ0) is 12.7. The summed E-state index contributed by atoms with van der Waals surface area (Å²) in [6, 6.07) is 6.94. The Morgan fingerprint density at radius 3 is 2.76 bits per heavy atom. The molecule has 0 heterocycles.